The van der Waals surface area contributed by atoms with E-state index < -0.39 is 34.1 Å². The number of hydrogen-bond donors (Lipinski definition) is 1. The molecule has 1 N–H and O–H groups in total. The minimum Gasteiger partial charge on any atom is -0.495 e. The Labute approximate surface area is 217 Å². The lowest BCUT2D eigenvalue weighted by atomic mass is 10.1. The summed E-state index contributed by atoms with van der Waals surface area (Å²) in [6, 6.07) is 10.5. The molecule has 2 amide bonds. The van der Waals surface area contributed by atoms with Crippen LogP contribution in [-0.4, -0.2) is 56.6 Å². The second-order valence-electron chi connectivity index (χ2n) is 9.13. The predicted molar refractivity (Wildman–Crippen MR) is 140 cm³/mol. The highest BCUT2D eigenvalue weighted by molar-refractivity contribution is 7.92. The molecule has 0 aliphatic heterocycles. The molecule has 11 heteroatoms. The van der Waals surface area contributed by atoms with Crippen LogP contribution in [0.5, 0.6) is 5.75 Å². The van der Waals surface area contributed by atoms with Crippen LogP contribution in [0.4, 0.5) is 5.69 Å². The monoisotopic (exact) mass is 543 g/mol. The number of halogens is 2. The highest BCUT2D eigenvalue weighted by atomic mass is 35.5. The number of carbonyl (C=O) groups is 2. The molecular formula is C24H31Cl2N3O5S. The van der Waals surface area contributed by atoms with Gasteiger partial charge in [0.2, 0.25) is 21.8 Å². The number of sulfonamides is 1. The minimum absolute atomic E-state index is 0.0119. The van der Waals surface area contributed by atoms with Crippen LogP contribution in [-0.2, 0) is 26.2 Å². The lowest BCUT2D eigenvalue weighted by Gasteiger charge is -2.33. The van der Waals surface area contributed by atoms with Crippen LogP contribution >= 0.6 is 23.2 Å². The maximum atomic E-state index is 13.6. The normalized spacial score (nSPS) is 12.6. The standard InChI is InChI=1S/C24H31Cl2N3O5S/c1-16(23(31)27-24(2,3)4)28(14-17-11-12-18(25)19(26)13-17)22(30)15-29(35(6,32)33)20-9-7-8-10-21(20)34-5/h7-13,16H,14-15H2,1-6H3,(H,27,31). The smallest absolute Gasteiger partial charge is 0.244 e. The van der Waals surface area contributed by atoms with Crippen LogP contribution in [0, 0.1) is 0 Å². The average molecular weight is 545 g/mol. The van der Waals surface area contributed by atoms with Gasteiger partial charge in [0.05, 0.1) is 29.1 Å². The van der Waals surface area contributed by atoms with Crippen molar-refractivity contribution in [2.75, 3.05) is 24.2 Å². The van der Waals surface area contributed by atoms with Gasteiger partial charge in [-0.15, -0.1) is 0 Å². The van der Waals surface area contributed by atoms with Gasteiger partial charge in [0, 0.05) is 12.1 Å². The molecule has 0 bridgehead atoms. The van der Waals surface area contributed by atoms with Crippen molar-refractivity contribution in [1.82, 2.24) is 10.2 Å². The molecule has 0 fully saturated rings. The van der Waals surface area contributed by atoms with Crippen LogP contribution in [0.3, 0.4) is 0 Å². The van der Waals surface area contributed by atoms with E-state index in [2.05, 4.69) is 5.32 Å². The lowest BCUT2D eigenvalue weighted by Crippen LogP contribution is -2.54. The molecule has 0 aliphatic carbocycles. The summed E-state index contributed by atoms with van der Waals surface area (Å²) in [4.78, 5) is 27.9. The van der Waals surface area contributed by atoms with Crippen molar-refractivity contribution < 1.29 is 22.7 Å². The lowest BCUT2D eigenvalue weighted by molar-refractivity contribution is -0.140. The van der Waals surface area contributed by atoms with Gasteiger partial charge in [-0.25, -0.2) is 8.42 Å². The van der Waals surface area contributed by atoms with Crippen molar-refractivity contribution in [3.8, 4) is 5.75 Å². The number of ether oxygens (including phenoxy) is 1. The molecule has 35 heavy (non-hydrogen) atoms. The maximum Gasteiger partial charge on any atom is 0.244 e. The Hall–Kier alpha value is -2.49. The number of nitrogens with zero attached hydrogens (tertiary/aromatic N) is 2. The molecule has 192 valence electrons. The first kappa shape index (κ1) is 28.7. The zero-order chi connectivity index (χ0) is 26.6. The highest BCUT2D eigenvalue weighted by Crippen LogP contribution is 2.30. The number of anilines is 1. The Balaban J connectivity index is 2.47. The van der Waals surface area contributed by atoms with Crippen LogP contribution in [0.1, 0.15) is 33.3 Å². The SMILES string of the molecule is COc1ccccc1N(CC(=O)N(Cc1ccc(Cl)c(Cl)c1)C(C)C(=O)NC(C)(C)C)S(C)(=O)=O. The molecule has 0 aromatic heterocycles. The quantitative estimate of drug-likeness (QED) is 0.513. The molecule has 0 saturated carbocycles. The second-order valence-corrected chi connectivity index (χ2v) is 11.8. The third-order valence-electron chi connectivity index (χ3n) is 5.04. The molecular weight excluding hydrogens is 513 g/mol. The van der Waals surface area contributed by atoms with E-state index in [9.17, 15) is 18.0 Å². The number of nitrogens with one attached hydrogen (secondary N) is 1. The third kappa shape index (κ3) is 8.02. The summed E-state index contributed by atoms with van der Waals surface area (Å²) in [5.74, 6) is -0.668. The molecule has 0 saturated heterocycles. The summed E-state index contributed by atoms with van der Waals surface area (Å²) in [5, 5.41) is 3.52. The van der Waals surface area contributed by atoms with Crippen molar-refractivity contribution in [3.63, 3.8) is 0 Å². The fourth-order valence-electron chi connectivity index (χ4n) is 3.32. The highest BCUT2D eigenvalue weighted by Gasteiger charge is 2.32. The summed E-state index contributed by atoms with van der Waals surface area (Å²) in [6.45, 7) is 6.55. The van der Waals surface area contributed by atoms with Crippen molar-refractivity contribution in [1.29, 1.82) is 0 Å². The van der Waals surface area contributed by atoms with E-state index in [1.807, 2.05) is 20.8 Å². The Bertz CT molecular complexity index is 1180. The summed E-state index contributed by atoms with van der Waals surface area (Å²) in [6.07, 6.45) is 1.01. The number of benzene rings is 2. The average Bonchev–Trinajstić information content (AvgIpc) is 2.75. The number of rotatable bonds is 9. The topological polar surface area (TPSA) is 96.0 Å². The summed E-state index contributed by atoms with van der Waals surface area (Å²) < 4.78 is 31.6. The predicted octanol–water partition coefficient (Wildman–Crippen LogP) is 4.10. The fraction of sp³-hybridized carbons (Fsp3) is 0.417. The first-order valence-electron chi connectivity index (χ1n) is 10.8. The van der Waals surface area contributed by atoms with Gasteiger partial charge in [0.1, 0.15) is 18.3 Å². The molecule has 0 radical (unpaired) electrons. The molecule has 2 rings (SSSR count). The van der Waals surface area contributed by atoms with Crippen LogP contribution in [0.2, 0.25) is 10.0 Å². The number of methoxy groups -OCH3 is 1. The molecule has 0 spiro atoms. The Kier molecular flexibility index (Phi) is 9.44. The van der Waals surface area contributed by atoms with E-state index >= 15 is 0 Å². The van der Waals surface area contributed by atoms with E-state index in [1.165, 1.54) is 12.0 Å². The number of amides is 2. The first-order chi connectivity index (χ1) is 16.1. The molecule has 2 aromatic rings. The van der Waals surface area contributed by atoms with Gasteiger partial charge in [0.15, 0.2) is 0 Å². The van der Waals surface area contributed by atoms with Gasteiger partial charge in [-0.1, -0.05) is 41.4 Å². The minimum atomic E-state index is -3.87. The second kappa shape index (κ2) is 11.5. The summed E-state index contributed by atoms with van der Waals surface area (Å²) >= 11 is 12.2. The molecule has 1 atom stereocenters. The zero-order valence-corrected chi connectivity index (χ0v) is 23.0. The van der Waals surface area contributed by atoms with Gasteiger partial charge in [0.25, 0.3) is 0 Å². The number of carbonyl (C=O) groups excluding carboxylic acids is 2. The molecule has 1 unspecified atom stereocenters. The van der Waals surface area contributed by atoms with E-state index in [0.717, 1.165) is 10.6 Å². The molecule has 0 aliphatic rings. The van der Waals surface area contributed by atoms with Crippen molar-refractivity contribution >= 4 is 50.7 Å². The van der Waals surface area contributed by atoms with Gasteiger partial charge < -0.3 is 15.0 Å². The largest absolute Gasteiger partial charge is 0.495 e. The van der Waals surface area contributed by atoms with E-state index in [4.69, 9.17) is 27.9 Å². The van der Waals surface area contributed by atoms with Crippen LogP contribution in [0.15, 0.2) is 42.5 Å². The van der Waals surface area contributed by atoms with Gasteiger partial charge in [-0.2, -0.15) is 0 Å². The Morgan fingerprint density at radius 3 is 2.26 bits per heavy atom. The fourth-order valence-corrected chi connectivity index (χ4v) is 4.50. The number of hydrogen-bond acceptors (Lipinski definition) is 5. The molecule has 2 aromatic carbocycles. The Morgan fingerprint density at radius 1 is 1.09 bits per heavy atom. The summed E-state index contributed by atoms with van der Waals surface area (Å²) in [5.41, 5.74) is 0.318. The van der Waals surface area contributed by atoms with Crippen molar-refractivity contribution in [2.45, 2.75) is 45.8 Å². The summed E-state index contributed by atoms with van der Waals surface area (Å²) in [7, 11) is -2.46. The van der Waals surface area contributed by atoms with E-state index in [-0.39, 0.29) is 18.1 Å². The molecule has 8 nitrogen and oxygen atoms in total. The Morgan fingerprint density at radius 2 is 1.71 bits per heavy atom. The van der Waals surface area contributed by atoms with E-state index in [1.54, 1.807) is 49.4 Å². The van der Waals surface area contributed by atoms with Crippen LogP contribution < -0.4 is 14.4 Å². The van der Waals surface area contributed by atoms with Gasteiger partial charge in [-0.3, -0.25) is 13.9 Å². The van der Waals surface area contributed by atoms with Gasteiger partial charge >= 0.3 is 0 Å². The van der Waals surface area contributed by atoms with Gasteiger partial charge in [-0.05, 0) is 57.5 Å². The van der Waals surface area contributed by atoms with Crippen molar-refractivity contribution in [3.05, 3.63) is 58.1 Å². The third-order valence-corrected chi connectivity index (χ3v) is 6.90. The number of para-hydroxylation sites is 2. The maximum absolute atomic E-state index is 13.6. The molecule has 0 heterocycles. The van der Waals surface area contributed by atoms with E-state index in [0.29, 0.717) is 21.4 Å². The van der Waals surface area contributed by atoms with Crippen LogP contribution in [0.25, 0.3) is 0 Å². The zero-order valence-electron chi connectivity index (χ0n) is 20.6. The first-order valence-corrected chi connectivity index (χ1v) is 13.4. The van der Waals surface area contributed by atoms with Crippen molar-refractivity contribution in [2.24, 2.45) is 0 Å².